The molecule has 0 unspecified atom stereocenters. The van der Waals surface area contributed by atoms with E-state index >= 15 is 0 Å². The molecule has 2 aliphatic heterocycles. The number of benzene rings is 1. The third-order valence-corrected chi connectivity index (χ3v) is 7.19. The third-order valence-electron chi connectivity index (χ3n) is 7.19. The Kier molecular flexibility index (Phi) is 8.55. The van der Waals surface area contributed by atoms with Crippen LogP contribution in [0.5, 0.6) is 0 Å². The van der Waals surface area contributed by atoms with Gasteiger partial charge in [0.2, 0.25) is 12.0 Å². The van der Waals surface area contributed by atoms with Crippen LogP contribution >= 0.6 is 0 Å². The number of aromatic nitrogens is 1. The number of cyclic esters (lactones) is 1. The Morgan fingerprint density at radius 3 is 2.48 bits per heavy atom. The smallest absolute Gasteiger partial charge is 0.316 e. The molecule has 0 aliphatic carbocycles. The molecule has 214 valence electrons. The van der Waals surface area contributed by atoms with Gasteiger partial charge in [0.1, 0.15) is 12.1 Å². The molecule has 0 radical (unpaired) electrons. The summed E-state index contributed by atoms with van der Waals surface area (Å²) < 4.78 is 5.45. The molecule has 2 aliphatic rings. The lowest BCUT2D eigenvalue weighted by atomic mass is 9.92. The number of hydrogen-bond donors (Lipinski definition) is 4. The quantitative estimate of drug-likeness (QED) is 0.392. The van der Waals surface area contributed by atoms with Gasteiger partial charge in [-0.3, -0.25) is 29.2 Å². The molecule has 2 aromatic rings. The van der Waals surface area contributed by atoms with E-state index < -0.39 is 47.5 Å². The Labute approximate surface area is 233 Å². The van der Waals surface area contributed by atoms with Crippen molar-refractivity contribution >= 4 is 40.7 Å². The van der Waals surface area contributed by atoms with Gasteiger partial charge in [-0.2, -0.15) is 0 Å². The first-order valence-corrected chi connectivity index (χ1v) is 13.5. The molecule has 1 saturated heterocycles. The number of amides is 3. The summed E-state index contributed by atoms with van der Waals surface area (Å²) in [7, 11) is 0. The lowest BCUT2D eigenvalue weighted by Gasteiger charge is -2.35. The van der Waals surface area contributed by atoms with Crippen LogP contribution in [0.3, 0.4) is 0 Å². The van der Waals surface area contributed by atoms with Gasteiger partial charge < -0.3 is 20.5 Å². The lowest BCUT2D eigenvalue weighted by Crippen LogP contribution is -2.61. The van der Waals surface area contributed by atoms with Gasteiger partial charge >= 0.3 is 5.97 Å². The highest BCUT2D eigenvalue weighted by Gasteiger charge is 2.37. The summed E-state index contributed by atoms with van der Waals surface area (Å²) in [5.41, 5.74) is 4.03. The number of carbonyl (C=O) groups excluding carboxylic acids is 4. The van der Waals surface area contributed by atoms with Crippen molar-refractivity contribution in [2.75, 3.05) is 6.54 Å². The molecule has 11 nitrogen and oxygen atoms in total. The predicted molar refractivity (Wildman–Crippen MR) is 148 cm³/mol. The molecule has 5 atom stereocenters. The average molecular weight is 552 g/mol. The van der Waals surface area contributed by atoms with Gasteiger partial charge in [-0.25, -0.2) is 5.43 Å². The third kappa shape index (κ3) is 6.48. The average Bonchev–Trinajstić information content (AvgIpc) is 2.92. The van der Waals surface area contributed by atoms with Crippen molar-refractivity contribution in [1.82, 2.24) is 26.1 Å². The van der Waals surface area contributed by atoms with Crippen LogP contribution in [0.25, 0.3) is 17.0 Å². The molecule has 0 saturated carbocycles. The molecule has 5 bridgehead atoms. The van der Waals surface area contributed by atoms with E-state index in [1.54, 1.807) is 26.0 Å². The standard InChI is InChI=1S/C29H37N5O6/c1-16-21-11-10-20-9-8-19(15-23(20)32-21)12-13-29(4,5)28(39)40-24(18(3)35)26(37)31-17(2)27(38)34-14-6-7-22(33-34)25(36)30-16/h8-13,15-18,22,24,33,35H,6-7,14H2,1-5H3,(H,30,36)(H,31,37)/t16-,17+,18-,22+,24+/m1/s1. The van der Waals surface area contributed by atoms with Crippen LogP contribution in [-0.4, -0.2) is 69.6 Å². The highest BCUT2D eigenvalue weighted by atomic mass is 16.6. The van der Waals surface area contributed by atoms with Crippen molar-refractivity contribution in [2.24, 2.45) is 5.41 Å². The second-order valence-corrected chi connectivity index (χ2v) is 11.1. The van der Waals surface area contributed by atoms with Gasteiger partial charge in [-0.1, -0.05) is 30.4 Å². The molecule has 0 spiro atoms. The zero-order valence-electron chi connectivity index (χ0n) is 23.4. The SMILES string of the molecule is C[C@@H]1NC(=O)[C@H]([C@@H](C)O)OC(=O)C(C)(C)C=Cc2ccc3ccc(nc3c2)[C@@H](C)NC(=O)[C@@H]2CCCN(N2)C1=O. The number of aliphatic hydroxyl groups excluding tert-OH is 1. The number of carbonyl (C=O) groups is 4. The van der Waals surface area contributed by atoms with Crippen LogP contribution in [0.4, 0.5) is 0 Å². The van der Waals surface area contributed by atoms with Crippen molar-refractivity contribution in [3.63, 3.8) is 0 Å². The number of pyridine rings is 1. The van der Waals surface area contributed by atoms with Gasteiger partial charge in [0.15, 0.2) is 0 Å². The molecule has 1 aromatic heterocycles. The van der Waals surface area contributed by atoms with Crippen molar-refractivity contribution < 1.29 is 29.0 Å². The van der Waals surface area contributed by atoms with Gasteiger partial charge in [0, 0.05) is 11.9 Å². The fourth-order valence-electron chi connectivity index (χ4n) is 4.62. The van der Waals surface area contributed by atoms with Crippen molar-refractivity contribution in [3.8, 4) is 0 Å². The Balaban J connectivity index is 1.70. The van der Waals surface area contributed by atoms with E-state index in [0.29, 0.717) is 25.1 Å². The van der Waals surface area contributed by atoms with Gasteiger partial charge in [-0.05, 0) is 65.2 Å². The zero-order chi connectivity index (χ0) is 29.2. The summed E-state index contributed by atoms with van der Waals surface area (Å²) in [6.07, 6.45) is 1.69. The van der Waals surface area contributed by atoms with E-state index in [4.69, 9.17) is 9.72 Å². The van der Waals surface area contributed by atoms with Crippen LogP contribution in [0, 0.1) is 5.41 Å². The van der Waals surface area contributed by atoms with Crippen LogP contribution < -0.4 is 16.1 Å². The molecule has 11 heteroatoms. The fourth-order valence-corrected chi connectivity index (χ4v) is 4.62. The maximum atomic E-state index is 13.1. The number of fused-ring (bicyclic) bond motifs is 4. The second kappa shape index (κ2) is 11.7. The highest BCUT2D eigenvalue weighted by molar-refractivity contribution is 5.91. The minimum absolute atomic E-state index is 0.269. The molecule has 3 heterocycles. The van der Waals surface area contributed by atoms with E-state index in [1.165, 1.54) is 18.9 Å². The maximum absolute atomic E-state index is 13.1. The van der Waals surface area contributed by atoms with Crippen LogP contribution in [0.15, 0.2) is 36.4 Å². The van der Waals surface area contributed by atoms with Crippen LogP contribution in [-0.2, 0) is 23.9 Å². The Morgan fingerprint density at radius 1 is 1.05 bits per heavy atom. The minimum Gasteiger partial charge on any atom is -0.449 e. The number of hydrogen-bond acceptors (Lipinski definition) is 8. The van der Waals surface area contributed by atoms with E-state index in [9.17, 15) is 24.3 Å². The largest absolute Gasteiger partial charge is 0.449 e. The lowest BCUT2D eigenvalue weighted by molar-refractivity contribution is -0.168. The number of nitrogens with one attached hydrogen (secondary N) is 3. The first-order valence-electron chi connectivity index (χ1n) is 13.5. The topological polar surface area (TPSA) is 150 Å². The second-order valence-electron chi connectivity index (χ2n) is 11.1. The van der Waals surface area contributed by atoms with E-state index in [1.807, 2.05) is 37.3 Å². The summed E-state index contributed by atoms with van der Waals surface area (Å²) in [6.45, 7) is 8.31. The van der Waals surface area contributed by atoms with Crippen molar-refractivity contribution in [1.29, 1.82) is 0 Å². The summed E-state index contributed by atoms with van der Waals surface area (Å²) in [6, 6.07) is 7.45. The number of aliphatic hydroxyl groups is 1. The van der Waals surface area contributed by atoms with E-state index in [-0.39, 0.29) is 11.9 Å². The van der Waals surface area contributed by atoms with Crippen LogP contribution in [0.2, 0.25) is 0 Å². The number of esters is 1. The molecule has 3 amide bonds. The molecule has 1 fully saturated rings. The Hall–Kier alpha value is -3.83. The molecular formula is C29H37N5O6. The maximum Gasteiger partial charge on any atom is 0.316 e. The Morgan fingerprint density at radius 2 is 1.75 bits per heavy atom. The predicted octanol–water partition coefficient (Wildman–Crippen LogP) is 1.76. The first kappa shape index (κ1) is 29.2. The number of nitrogens with zero attached hydrogens (tertiary/aromatic N) is 2. The van der Waals surface area contributed by atoms with Crippen molar-refractivity contribution in [3.05, 3.63) is 47.7 Å². The monoisotopic (exact) mass is 551 g/mol. The first-order chi connectivity index (χ1) is 18.9. The fraction of sp³-hybridized carbons (Fsp3) is 0.483. The van der Waals surface area contributed by atoms with Gasteiger partial charge in [0.05, 0.1) is 28.8 Å². The molecular weight excluding hydrogens is 514 g/mol. The minimum atomic E-state index is -1.53. The molecule has 4 N–H and O–H groups in total. The van der Waals surface area contributed by atoms with Gasteiger partial charge in [-0.15, -0.1) is 0 Å². The van der Waals surface area contributed by atoms with Gasteiger partial charge in [0.25, 0.3) is 11.8 Å². The summed E-state index contributed by atoms with van der Waals surface area (Å²) in [5, 5.41) is 18.0. The number of rotatable bonds is 1. The highest BCUT2D eigenvalue weighted by Crippen LogP contribution is 2.25. The van der Waals surface area contributed by atoms with Crippen molar-refractivity contribution in [2.45, 2.75) is 77.8 Å². The summed E-state index contributed by atoms with van der Waals surface area (Å²) in [5.74, 6) is -2.25. The summed E-state index contributed by atoms with van der Waals surface area (Å²) >= 11 is 0. The molecule has 4 rings (SSSR count). The van der Waals surface area contributed by atoms with E-state index in [0.717, 1.165) is 16.5 Å². The van der Waals surface area contributed by atoms with E-state index in [2.05, 4.69) is 16.1 Å². The normalized spacial score (nSPS) is 27.1. The Bertz CT molecular complexity index is 1340. The number of ether oxygens (including phenoxy) is 1. The van der Waals surface area contributed by atoms with Crippen LogP contribution in [0.1, 0.15) is 64.8 Å². The number of hydrazine groups is 1. The molecule has 40 heavy (non-hydrogen) atoms. The zero-order valence-corrected chi connectivity index (χ0v) is 23.4. The molecule has 1 aromatic carbocycles. The summed E-state index contributed by atoms with van der Waals surface area (Å²) in [4.78, 5) is 57.1.